The third-order valence-corrected chi connectivity index (χ3v) is 7.69. The van der Waals surface area contributed by atoms with Gasteiger partial charge in [0.25, 0.3) is 0 Å². The number of ether oxygens (including phenoxy) is 2. The van der Waals surface area contributed by atoms with E-state index in [2.05, 4.69) is 27.7 Å². The fourth-order valence-electron chi connectivity index (χ4n) is 5.21. The second kappa shape index (κ2) is 13.1. The predicted octanol–water partition coefficient (Wildman–Crippen LogP) is 4.49. The summed E-state index contributed by atoms with van der Waals surface area (Å²) in [6.45, 7) is 5.02. The third-order valence-electron chi connectivity index (χ3n) is 7.69. The van der Waals surface area contributed by atoms with Gasteiger partial charge < -0.3 is 20.1 Å². The van der Waals surface area contributed by atoms with E-state index in [4.69, 9.17) is 9.47 Å². The molecule has 1 saturated carbocycles. The van der Waals surface area contributed by atoms with Crippen molar-refractivity contribution in [1.29, 1.82) is 0 Å². The maximum atomic E-state index is 13.5. The van der Waals surface area contributed by atoms with Gasteiger partial charge in [0.05, 0.1) is 25.5 Å². The molecule has 2 amide bonds. The molecule has 1 aliphatic heterocycles. The van der Waals surface area contributed by atoms with Gasteiger partial charge in [-0.05, 0) is 54.2 Å². The van der Waals surface area contributed by atoms with Crippen LogP contribution in [0.4, 0.5) is 5.69 Å². The van der Waals surface area contributed by atoms with Crippen LogP contribution in [0.3, 0.4) is 0 Å². The number of hydrogen-bond acceptors (Lipinski definition) is 6. The summed E-state index contributed by atoms with van der Waals surface area (Å²) >= 11 is 0. The normalized spacial score (nSPS) is 16.0. The van der Waals surface area contributed by atoms with Crippen molar-refractivity contribution in [2.24, 2.45) is 0 Å². The van der Waals surface area contributed by atoms with Crippen molar-refractivity contribution in [3.8, 4) is 16.9 Å². The van der Waals surface area contributed by atoms with Crippen LogP contribution in [-0.4, -0.2) is 67.5 Å². The third kappa shape index (κ3) is 7.20. The van der Waals surface area contributed by atoms with E-state index >= 15 is 0 Å². The number of Topliss-reactive ketones (excluding diaryl/α,β-unsaturated/α-hetero) is 1. The highest BCUT2D eigenvalue weighted by atomic mass is 16.5. The molecule has 8 heteroatoms. The Morgan fingerprint density at radius 2 is 1.63 bits per heavy atom. The molecule has 3 aromatic carbocycles. The number of anilines is 1. The number of carbonyl (C=O) groups is 3. The van der Waals surface area contributed by atoms with Gasteiger partial charge >= 0.3 is 0 Å². The molecular weight excluding hydrogens is 518 g/mol. The number of benzene rings is 3. The summed E-state index contributed by atoms with van der Waals surface area (Å²) in [6, 6.07) is 23.3. The fraction of sp³-hybridized carbons (Fsp3) is 0.364. The first-order valence-corrected chi connectivity index (χ1v) is 14.3. The summed E-state index contributed by atoms with van der Waals surface area (Å²) in [4.78, 5) is 40.2. The lowest BCUT2D eigenvalue weighted by molar-refractivity contribution is -0.125. The zero-order valence-electron chi connectivity index (χ0n) is 23.5. The van der Waals surface area contributed by atoms with Crippen molar-refractivity contribution in [3.05, 3.63) is 83.9 Å². The average Bonchev–Trinajstić information content (AvgIpc) is 3.81. The van der Waals surface area contributed by atoms with E-state index in [9.17, 15) is 14.4 Å². The van der Waals surface area contributed by atoms with Crippen LogP contribution in [0, 0.1) is 0 Å². The lowest BCUT2D eigenvalue weighted by Gasteiger charge is -2.34. The highest BCUT2D eigenvalue weighted by Crippen LogP contribution is 2.43. The molecule has 2 aliphatic rings. The van der Waals surface area contributed by atoms with Gasteiger partial charge in [0.1, 0.15) is 11.3 Å². The number of nitrogens with one attached hydrogen (secondary N) is 2. The van der Waals surface area contributed by atoms with Crippen LogP contribution in [0.2, 0.25) is 0 Å². The molecular formula is C33H37N3O5. The summed E-state index contributed by atoms with van der Waals surface area (Å²) in [5.74, 6) is 0.291. The Morgan fingerprint density at radius 3 is 2.32 bits per heavy atom. The maximum Gasteiger partial charge on any atom is 0.245 e. The minimum atomic E-state index is -0.535. The van der Waals surface area contributed by atoms with Crippen molar-refractivity contribution in [3.63, 3.8) is 0 Å². The van der Waals surface area contributed by atoms with E-state index in [0.29, 0.717) is 49.8 Å². The van der Waals surface area contributed by atoms with Gasteiger partial charge in [-0.2, -0.15) is 0 Å². The van der Waals surface area contributed by atoms with E-state index in [1.165, 1.54) is 6.92 Å². The summed E-state index contributed by atoms with van der Waals surface area (Å²) in [7, 11) is 0. The quantitative estimate of drug-likeness (QED) is 0.253. The highest BCUT2D eigenvalue weighted by Gasteiger charge is 2.54. The number of hydrogen-bond donors (Lipinski definition) is 2. The Morgan fingerprint density at radius 1 is 0.927 bits per heavy atom. The van der Waals surface area contributed by atoms with Gasteiger partial charge in [-0.25, -0.2) is 0 Å². The Hall–Kier alpha value is -4.01. The molecule has 0 atom stereocenters. The average molecular weight is 556 g/mol. The fourth-order valence-corrected chi connectivity index (χ4v) is 5.21. The number of amides is 2. The SMILES string of the molecule is CC(=O)NCCCOc1ccc(C(=O)Cc2ccc(-c3ccccc3)cc2)cc1NC(=O)C1(N2CCOCC2)CC1. The number of nitrogens with zero attached hydrogens (tertiary/aromatic N) is 1. The standard InChI is InChI=1S/C33H37N3O5/c1-24(37)34-16-5-19-41-31-13-12-28(23-29(31)35-32(39)33(14-15-33)36-17-20-40-21-18-36)30(38)22-25-8-10-27(11-9-25)26-6-3-2-4-7-26/h2-4,6-13,23H,5,14-22H2,1H3,(H,34,37)(H,35,39). The maximum absolute atomic E-state index is 13.5. The van der Waals surface area contributed by atoms with Crippen molar-refractivity contribution in [1.82, 2.24) is 10.2 Å². The first kappa shape index (κ1) is 28.5. The van der Waals surface area contributed by atoms with Crippen molar-refractivity contribution >= 4 is 23.3 Å². The van der Waals surface area contributed by atoms with Crippen molar-refractivity contribution in [2.45, 2.75) is 38.1 Å². The van der Waals surface area contributed by atoms with Crippen LogP contribution in [0.1, 0.15) is 42.1 Å². The molecule has 0 bridgehead atoms. The van der Waals surface area contributed by atoms with Gasteiger partial charge in [-0.3, -0.25) is 19.3 Å². The topological polar surface area (TPSA) is 97.0 Å². The van der Waals surface area contributed by atoms with Crippen molar-refractivity contribution < 1.29 is 23.9 Å². The number of ketones is 1. The Bertz CT molecular complexity index is 1360. The molecule has 214 valence electrons. The van der Waals surface area contributed by atoms with Crippen LogP contribution in [-0.2, 0) is 20.7 Å². The molecule has 0 unspecified atom stereocenters. The number of morpholine rings is 1. The zero-order chi connectivity index (χ0) is 28.7. The minimum absolute atomic E-state index is 0.0421. The summed E-state index contributed by atoms with van der Waals surface area (Å²) in [5, 5.41) is 5.84. The van der Waals surface area contributed by atoms with Gasteiger partial charge in [0.15, 0.2) is 5.78 Å². The van der Waals surface area contributed by atoms with E-state index in [1.54, 1.807) is 18.2 Å². The Labute approximate surface area is 241 Å². The first-order valence-electron chi connectivity index (χ1n) is 14.3. The van der Waals surface area contributed by atoms with E-state index in [1.807, 2.05) is 42.5 Å². The second-order valence-electron chi connectivity index (χ2n) is 10.6. The van der Waals surface area contributed by atoms with Crippen LogP contribution in [0.25, 0.3) is 11.1 Å². The summed E-state index contributed by atoms with van der Waals surface area (Å²) in [5.41, 5.74) is 3.61. The van der Waals surface area contributed by atoms with Gasteiger partial charge in [-0.1, -0.05) is 54.6 Å². The molecule has 1 aliphatic carbocycles. The summed E-state index contributed by atoms with van der Waals surface area (Å²) in [6.07, 6.45) is 2.45. The monoisotopic (exact) mass is 555 g/mol. The Balaban J connectivity index is 1.30. The lowest BCUT2D eigenvalue weighted by atomic mass is 9.99. The number of carbonyl (C=O) groups excluding carboxylic acids is 3. The molecule has 1 saturated heterocycles. The zero-order valence-corrected chi connectivity index (χ0v) is 23.5. The lowest BCUT2D eigenvalue weighted by Crippen LogP contribution is -2.51. The molecule has 3 aromatic rings. The first-order chi connectivity index (χ1) is 19.9. The van der Waals surface area contributed by atoms with Crippen LogP contribution < -0.4 is 15.4 Å². The molecule has 0 spiro atoms. The Kier molecular flexibility index (Phi) is 9.11. The van der Waals surface area contributed by atoms with E-state index in [0.717, 1.165) is 42.6 Å². The molecule has 2 fully saturated rings. The highest BCUT2D eigenvalue weighted by molar-refractivity contribution is 6.03. The van der Waals surface area contributed by atoms with Crippen LogP contribution in [0.5, 0.6) is 5.75 Å². The molecule has 8 nitrogen and oxygen atoms in total. The molecule has 1 heterocycles. The van der Waals surface area contributed by atoms with Gasteiger partial charge in [-0.15, -0.1) is 0 Å². The van der Waals surface area contributed by atoms with Crippen molar-refractivity contribution in [2.75, 3.05) is 44.8 Å². The van der Waals surface area contributed by atoms with Gasteiger partial charge in [0.2, 0.25) is 11.8 Å². The molecule has 2 N–H and O–H groups in total. The van der Waals surface area contributed by atoms with E-state index < -0.39 is 5.54 Å². The van der Waals surface area contributed by atoms with Crippen LogP contribution in [0.15, 0.2) is 72.8 Å². The molecule has 0 radical (unpaired) electrons. The summed E-state index contributed by atoms with van der Waals surface area (Å²) < 4.78 is 11.5. The minimum Gasteiger partial charge on any atom is -0.491 e. The molecule has 41 heavy (non-hydrogen) atoms. The van der Waals surface area contributed by atoms with Gasteiger partial charge in [0, 0.05) is 38.5 Å². The van der Waals surface area contributed by atoms with E-state index in [-0.39, 0.29) is 24.0 Å². The predicted molar refractivity (Wildman–Crippen MR) is 158 cm³/mol. The smallest absolute Gasteiger partial charge is 0.245 e. The largest absolute Gasteiger partial charge is 0.491 e. The number of rotatable bonds is 12. The second-order valence-corrected chi connectivity index (χ2v) is 10.6. The molecule has 5 rings (SSSR count). The van der Waals surface area contributed by atoms with Crippen LogP contribution >= 0.6 is 0 Å². The molecule has 0 aromatic heterocycles.